The van der Waals surface area contributed by atoms with E-state index in [4.69, 9.17) is 5.84 Å². The summed E-state index contributed by atoms with van der Waals surface area (Å²) in [7, 11) is -3.37. The largest absolute Gasteiger partial charge is 0.245 e. The van der Waals surface area contributed by atoms with E-state index in [1.54, 1.807) is 24.3 Å². The molecule has 0 aliphatic carbocycles. The number of halogens is 1. The number of sulfonamides is 1. The van der Waals surface area contributed by atoms with Gasteiger partial charge in [-0.2, -0.15) is 0 Å². The van der Waals surface area contributed by atoms with Crippen LogP contribution < -0.4 is 10.3 Å². The van der Waals surface area contributed by atoms with Gasteiger partial charge in [0, 0.05) is 4.47 Å². The van der Waals surface area contributed by atoms with Gasteiger partial charge in [-0.1, -0.05) is 15.9 Å². The summed E-state index contributed by atoms with van der Waals surface area (Å²) >= 11 is 3.24. The maximum atomic E-state index is 11.0. The molecule has 0 amide bonds. The lowest BCUT2D eigenvalue weighted by Gasteiger charge is -2.15. The van der Waals surface area contributed by atoms with Gasteiger partial charge in [0.15, 0.2) is 0 Å². The Morgan fingerprint density at radius 1 is 1.31 bits per heavy atom. The molecule has 0 atom stereocenters. The van der Waals surface area contributed by atoms with Crippen LogP contribution in [0.4, 0.5) is 5.69 Å². The molecule has 6 heteroatoms. The van der Waals surface area contributed by atoms with Crippen LogP contribution in [0.5, 0.6) is 0 Å². The molecule has 0 aliphatic heterocycles. The van der Waals surface area contributed by atoms with Crippen LogP contribution in [0.3, 0.4) is 0 Å². The Kier molecular flexibility index (Phi) is 2.94. The zero-order valence-electron chi connectivity index (χ0n) is 6.94. The van der Waals surface area contributed by atoms with Crippen LogP contribution in [-0.2, 0) is 10.0 Å². The fraction of sp³-hybridized carbons (Fsp3) is 0.143. The van der Waals surface area contributed by atoms with Crippen molar-refractivity contribution in [2.75, 3.05) is 10.7 Å². The van der Waals surface area contributed by atoms with Crippen LogP contribution in [0.1, 0.15) is 0 Å². The number of nitrogens with two attached hydrogens (primary N) is 1. The standard InChI is InChI=1S/C7H9BrN2O2S/c1-13(11,12)10(9)7-4-2-6(8)3-5-7/h2-5H,9H2,1H3. The minimum atomic E-state index is -3.37. The summed E-state index contributed by atoms with van der Waals surface area (Å²) < 4.78 is 23.6. The summed E-state index contributed by atoms with van der Waals surface area (Å²) in [5.41, 5.74) is 0.436. The van der Waals surface area contributed by atoms with E-state index in [1.165, 1.54) is 0 Å². The van der Waals surface area contributed by atoms with E-state index >= 15 is 0 Å². The third-order valence-electron chi connectivity index (χ3n) is 1.44. The van der Waals surface area contributed by atoms with Crippen molar-refractivity contribution in [1.82, 2.24) is 0 Å². The predicted molar refractivity (Wildman–Crippen MR) is 55.7 cm³/mol. The summed E-state index contributed by atoms with van der Waals surface area (Å²) in [5.74, 6) is 5.35. The Hall–Kier alpha value is -0.590. The second-order valence-electron chi connectivity index (χ2n) is 2.54. The number of hydrogen-bond acceptors (Lipinski definition) is 3. The first-order valence-corrected chi connectivity index (χ1v) is 6.06. The lowest BCUT2D eigenvalue weighted by atomic mass is 10.3. The fourth-order valence-corrected chi connectivity index (χ4v) is 1.55. The fourth-order valence-electron chi connectivity index (χ4n) is 0.779. The molecule has 0 saturated heterocycles. The highest BCUT2D eigenvalue weighted by molar-refractivity contribution is 9.10. The smallest absolute Gasteiger partial charge is 0.233 e. The van der Waals surface area contributed by atoms with Crippen LogP contribution in [0, 0.1) is 0 Å². The molecule has 4 nitrogen and oxygen atoms in total. The topological polar surface area (TPSA) is 63.4 Å². The molecule has 0 spiro atoms. The van der Waals surface area contributed by atoms with Gasteiger partial charge in [0.1, 0.15) is 0 Å². The molecule has 13 heavy (non-hydrogen) atoms. The Morgan fingerprint density at radius 2 is 1.77 bits per heavy atom. The molecule has 0 saturated carbocycles. The normalized spacial score (nSPS) is 11.3. The lowest BCUT2D eigenvalue weighted by Crippen LogP contribution is -2.36. The highest BCUT2D eigenvalue weighted by Crippen LogP contribution is 2.17. The van der Waals surface area contributed by atoms with Gasteiger partial charge in [-0.3, -0.25) is 0 Å². The van der Waals surface area contributed by atoms with Crippen molar-refractivity contribution >= 4 is 31.6 Å². The van der Waals surface area contributed by atoms with E-state index in [9.17, 15) is 8.42 Å². The molecule has 0 radical (unpaired) electrons. The van der Waals surface area contributed by atoms with Crippen LogP contribution in [0.15, 0.2) is 28.7 Å². The number of rotatable bonds is 2. The van der Waals surface area contributed by atoms with Crippen LogP contribution in [-0.4, -0.2) is 14.7 Å². The van der Waals surface area contributed by atoms with E-state index < -0.39 is 10.0 Å². The average molecular weight is 265 g/mol. The van der Waals surface area contributed by atoms with Crippen molar-refractivity contribution in [2.24, 2.45) is 5.84 Å². The maximum Gasteiger partial charge on any atom is 0.245 e. The highest BCUT2D eigenvalue weighted by atomic mass is 79.9. The Bertz CT molecular complexity index is 387. The van der Waals surface area contributed by atoms with Crippen LogP contribution >= 0.6 is 15.9 Å². The van der Waals surface area contributed by atoms with Gasteiger partial charge in [0.05, 0.1) is 11.9 Å². The Balaban J connectivity index is 3.04. The summed E-state index contributed by atoms with van der Waals surface area (Å²) in [6, 6.07) is 6.68. The van der Waals surface area contributed by atoms with E-state index in [0.717, 1.165) is 15.1 Å². The van der Waals surface area contributed by atoms with E-state index in [-0.39, 0.29) is 0 Å². The van der Waals surface area contributed by atoms with Crippen molar-refractivity contribution in [3.05, 3.63) is 28.7 Å². The van der Waals surface area contributed by atoms with Gasteiger partial charge in [-0.25, -0.2) is 18.7 Å². The zero-order chi connectivity index (χ0) is 10.1. The molecule has 72 valence electrons. The van der Waals surface area contributed by atoms with E-state index in [0.29, 0.717) is 5.69 Å². The second kappa shape index (κ2) is 3.65. The first kappa shape index (κ1) is 10.5. The van der Waals surface area contributed by atoms with E-state index in [1.807, 2.05) is 0 Å². The third kappa shape index (κ3) is 2.68. The number of nitrogens with zero attached hydrogens (tertiary/aromatic N) is 1. The molecule has 1 rings (SSSR count). The molecular formula is C7H9BrN2O2S. The summed E-state index contributed by atoms with van der Waals surface area (Å²) in [6.07, 6.45) is 1.05. The minimum absolute atomic E-state index is 0.436. The van der Waals surface area contributed by atoms with Gasteiger partial charge in [0.25, 0.3) is 0 Å². The maximum absolute atomic E-state index is 11.0. The number of anilines is 1. The first-order chi connectivity index (χ1) is 5.91. The molecule has 0 fully saturated rings. The first-order valence-electron chi connectivity index (χ1n) is 3.42. The van der Waals surface area contributed by atoms with Crippen LogP contribution in [0.2, 0.25) is 0 Å². The Morgan fingerprint density at radius 3 is 2.15 bits per heavy atom. The molecular weight excluding hydrogens is 256 g/mol. The van der Waals surface area contributed by atoms with Crippen molar-refractivity contribution in [3.8, 4) is 0 Å². The molecule has 0 aromatic heterocycles. The third-order valence-corrected chi connectivity index (χ3v) is 2.89. The van der Waals surface area contributed by atoms with Crippen LogP contribution in [0.25, 0.3) is 0 Å². The van der Waals surface area contributed by atoms with Gasteiger partial charge in [-0.15, -0.1) is 0 Å². The van der Waals surface area contributed by atoms with E-state index in [2.05, 4.69) is 15.9 Å². The Labute approximate surface area is 85.5 Å². The molecule has 0 aliphatic rings. The SMILES string of the molecule is CS(=O)(=O)N(N)c1ccc(Br)cc1. The molecule has 1 aromatic carbocycles. The minimum Gasteiger partial charge on any atom is -0.233 e. The van der Waals surface area contributed by atoms with Crippen molar-refractivity contribution < 1.29 is 8.42 Å². The molecule has 1 aromatic rings. The average Bonchev–Trinajstić information content (AvgIpc) is 2.03. The summed E-state index contributed by atoms with van der Waals surface area (Å²) in [6.45, 7) is 0. The number of hydrogen-bond donors (Lipinski definition) is 1. The molecule has 0 unspecified atom stereocenters. The number of benzene rings is 1. The van der Waals surface area contributed by atoms with Crippen molar-refractivity contribution in [1.29, 1.82) is 0 Å². The van der Waals surface area contributed by atoms with Crippen molar-refractivity contribution in [3.63, 3.8) is 0 Å². The predicted octanol–water partition coefficient (Wildman–Crippen LogP) is 1.09. The summed E-state index contributed by atoms with van der Waals surface area (Å²) in [5, 5.41) is 0. The van der Waals surface area contributed by atoms with Crippen molar-refractivity contribution in [2.45, 2.75) is 0 Å². The summed E-state index contributed by atoms with van der Waals surface area (Å²) in [4.78, 5) is 0. The zero-order valence-corrected chi connectivity index (χ0v) is 9.34. The van der Waals surface area contributed by atoms with Gasteiger partial charge in [-0.05, 0) is 24.3 Å². The molecule has 2 N–H and O–H groups in total. The second-order valence-corrected chi connectivity index (χ2v) is 5.31. The quantitative estimate of drug-likeness (QED) is 0.643. The highest BCUT2D eigenvalue weighted by Gasteiger charge is 2.11. The monoisotopic (exact) mass is 264 g/mol. The number of hydrazine groups is 1. The van der Waals surface area contributed by atoms with Gasteiger partial charge in [0.2, 0.25) is 10.0 Å². The molecule has 0 heterocycles. The van der Waals surface area contributed by atoms with Gasteiger partial charge >= 0.3 is 0 Å². The molecule has 0 bridgehead atoms. The lowest BCUT2D eigenvalue weighted by molar-refractivity contribution is 0.598. The van der Waals surface area contributed by atoms with Gasteiger partial charge < -0.3 is 0 Å².